The first kappa shape index (κ1) is 15.7. The number of anilines is 1. The van der Waals surface area contributed by atoms with Crippen LogP contribution >= 0.6 is 11.7 Å². The lowest BCUT2D eigenvalue weighted by Crippen LogP contribution is -2.14. The van der Waals surface area contributed by atoms with E-state index in [0.717, 1.165) is 22.9 Å². The maximum Gasteiger partial charge on any atom is 0.264 e. The number of sulfonamides is 1. The minimum absolute atomic E-state index is 0.126. The summed E-state index contributed by atoms with van der Waals surface area (Å²) in [6.45, 7) is 0. The molecule has 0 atom stereocenters. The lowest BCUT2D eigenvalue weighted by molar-refractivity contribution is 0.602. The third-order valence-electron chi connectivity index (χ3n) is 3.79. The molecule has 4 aromatic rings. The standard InChI is InChI=1S/C18H13N3O2S2/c22-25(23,17-12-6-11-16-18(17)20-24-19-16)21-15-10-5-4-9-14(15)13-7-2-1-3-8-13/h1-12,21H. The van der Waals surface area contributed by atoms with Crippen molar-refractivity contribution in [2.45, 2.75) is 4.90 Å². The number of hydrogen-bond acceptors (Lipinski definition) is 5. The van der Waals surface area contributed by atoms with Crippen LogP contribution in [0.2, 0.25) is 0 Å². The number of aromatic nitrogens is 2. The molecule has 0 aliphatic heterocycles. The van der Waals surface area contributed by atoms with Gasteiger partial charge in [-0.2, -0.15) is 8.75 Å². The summed E-state index contributed by atoms with van der Waals surface area (Å²) in [5, 5.41) is 0. The van der Waals surface area contributed by atoms with Crippen LogP contribution in [0.15, 0.2) is 77.7 Å². The maximum absolute atomic E-state index is 12.9. The van der Waals surface area contributed by atoms with Crippen molar-refractivity contribution < 1.29 is 8.42 Å². The first-order chi connectivity index (χ1) is 12.1. The van der Waals surface area contributed by atoms with Gasteiger partial charge in [0.25, 0.3) is 10.0 Å². The second kappa shape index (κ2) is 6.27. The van der Waals surface area contributed by atoms with Crippen LogP contribution in [0.1, 0.15) is 0 Å². The van der Waals surface area contributed by atoms with Gasteiger partial charge in [-0.3, -0.25) is 4.72 Å². The van der Waals surface area contributed by atoms with Crippen molar-refractivity contribution in [1.29, 1.82) is 0 Å². The average molecular weight is 367 g/mol. The Morgan fingerprint density at radius 2 is 1.56 bits per heavy atom. The van der Waals surface area contributed by atoms with E-state index in [1.165, 1.54) is 6.07 Å². The molecule has 25 heavy (non-hydrogen) atoms. The normalized spacial score (nSPS) is 11.5. The smallest absolute Gasteiger partial charge is 0.264 e. The predicted molar refractivity (Wildman–Crippen MR) is 100 cm³/mol. The quantitative estimate of drug-likeness (QED) is 0.588. The molecular formula is C18H13N3O2S2. The second-order valence-corrected chi connectivity index (χ2v) is 7.58. The highest BCUT2D eigenvalue weighted by molar-refractivity contribution is 7.93. The number of hydrogen-bond donors (Lipinski definition) is 1. The van der Waals surface area contributed by atoms with E-state index in [9.17, 15) is 8.42 Å². The van der Waals surface area contributed by atoms with Crippen molar-refractivity contribution in [1.82, 2.24) is 8.75 Å². The van der Waals surface area contributed by atoms with Crippen molar-refractivity contribution in [3.05, 3.63) is 72.8 Å². The Bertz CT molecular complexity index is 1140. The van der Waals surface area contributed by atoms with Gasteiger partial charge in [-0.25, -0.2) is 8.42 Å². The van der Waals surface area contributed by atoms with Gasteiger partial charge in [0, 0.05) is 5.56 Å². The lowest BCUT2D eigenvalue weighted by Gasteiger charge is -2.13. The molecular weight excluding hydrogens is 354 g/mol. The average Bonchev–Trinajstić information content (AvgIpc) is 3.11. The van der Waals surface area contributed by atoms with E-state index in [0.29, 0.717) is 16.7 Å². The Balaban J connectivity index is 1.79. The SMILES string of the molecule is O=S(=O)(Nc1ccccc1-c1ccccc1)c1cccc2nsnc12. The largest absolute Gasteiger partial charge is 0.279 e. The van der Waals surface area contributed by atoms with Crippen molar-refractivity contribution >= 4 is 38.5 Å². The zero-order chi connectivity index (χ0) is 17.3. The lowest BCUT2D eigenvalue weighted by atomic mass is 10.0. The molecule has 0 aliphatic rings. The van der Waals surface area contributed by atoms with Gasteiger partial charge < -0.3 is 0 Å². The van der Waals surface area contributed by atoms with E-state index >= 15 is 0 Å². The topological polar surface area (TPSA) is 72.0 Å². The van der Waals surface area contributed by atoms with Crippen LogP contribution < -0.4 is 4.72 Å². The second-order valence-electron chi connectivity index (χ2n) is 5.41. The van der Waals surface area contributed by atoms with Gasteiger partial charge in [0.2, 0.25) is 0 Å². The number of nitrogens with one attached hydrogen (secondary N) is 1. The van der Waals surface area contributed by atoms with Crippen LogP contribution in [-0.2, 0) is 10.0 Å². The molecule has 5 nitrogen and oxygen atoms in total. The van der Waals surface area contributed by atoms with Crippen molar-refractivity contribution in [2.24, 2.45) is 0 Å². The molecule has 0 fully saturated rings. The van der Waals surface area contributed by atoms with Crippen LogP contribution in [0.5, 0.6) is 0 Å². The number of nitrogens with zero attached hydrogens (tertiary/aromatic N) is 2. The highest BCUT2D eigenvalue weighted by atomic mass is 32.2. The molecule has 1 N–H and O–H groups in total. The fourth-order valence-corrected chi connectivity index (χ4v) is 4.49. The Hall–Kier alpha value is -2.77. The predicted octanol–water partition coefficient (Wildman–Crippen LogP) is 4.16. The summed E-state index contributed by atoms with van der Waals surface area (Å²) < 4.78 is 36.8. The van der Waals surface area contributed by atoms with Gasteiger partial charge in [-0.1, -0.05) is 54.6 Å². The highest BCUT2D eigenvalue weighted by Gasteiger charge is 2.21. The van der Waals surface area contributed by atoms with Crippen molar-refractivity contribution in [3.8, 4) is 11.1 Å². The number of fused-ring (bicyclic) bond motifs is 1. The van der Waals surface area contributed by atoms with Crippen LogP contribution in [0.25, 0.3) is 22.2 Å². The molecule has 1 aromatic heterocycles. The summed E-state index contributed by atoms with van der Waals surface area (Å²) >= 11 is 0.997. The molecule has 3 aromatic carbocycles. The van der Waals surface area contributed by atoms with E-state index in [1.54, 1.807) is 24.3 Å². The van der Waals surface area contributed by atoms with Gasteiger partial charge in [0.15, 0.2) is 0 Å². The van der Waals surface area contributed by atoms with E-state index in [4.69, 9.17) is 0 Å². The molecule has 0 spiro atoms. The maximum atomic E-state index is 12.9. The van der Waals surface area contributed by atoms with E-state index in [1.807, 2.05) is 42.5 Å². The van der Waals surface area contributed by atoms with E-state index in [-0.39, 0.29) is 4.90 Å². The van der Waals surface area contributed by atoms with Crippen molar-refractivity contribution in [3.63, 3.8) is 0 Å². The van der Waals surface area contributed by atoms with Crippen LogP contribution in [0.3, 0.4) is 0 Å². The zero-order valence-corrected chi connectivity index (χ0v) is 14.6. The molecule has 0 bridgehead atoms. The Morgan fingerprint density at radius 3 is 2.40 bits per heavy atom. The van der Waals surface area contributed by atoms with E-state index < -0.39 is 10.0 Å². The minimum Gasteiger partial charge on any atom is -0.279 e. The van der Waals surface area contributed by atoms with Gasteiger partial charge in [-0.05, 0) is 23.8 Å². The molecule has 124 valence electrons. The first-order valence-corrected chi connectivity index (χ1v) is 9.75. The molecule has 0 saturated carbocycles. The summed E-state index contributed by atoms with van der Waals surface area (Å²) in [6, 6.07) is 21.9. The third kappa shape index (κ3) is 2.99. The number of para-hydroxylation sites is 1. The monoisotopic (exact) mass is 367 g/mol. The zero-order valence-electron chi connectivity index (χ0n) is 13.0. The Labute approximate surface area is 149 Å². The fraction of sp³-hybridized carbons (Fsp3) is 0. The summed E-state index contributed by atoms with van der Waals surface area (Å²) in [7, 11) is -3.79. The Kier molecular flexibility index (Phi) is 3.95. The molecule has 0 unspecified atom stereocenters. The molecule has 4 rings (SSSR count). The number of rotatable bonds is 4. The molecule has 0 saturated heterocycles. The first-order valence-electron chi connectivity index (χ1n) is 7.54. The van der Waals surface area contributed by atoms with Gasteiger partial charge in [0.1, 0.15) is 15.9 Å². The van der Waals surface area contributed by atoms with Crippen LogP contribution in [0.4, 0.5) is 5.69 Å². The van der Waals surface area contributed by atoms with Gasteiger partial charge >= 0.3 is 0 Å². The fourth-order valence-electron chi connectivity index (χ4n) is 2.64. The molecule has 7 heteroatoms. The molecule has 0 radical (unpaired) electrons. The van der Waals surface area contributed by atoms with Crippen molar-refractivity contribution in [2.75, 3.05) is 4.72 Å². The van der Waals surface area contributed by atoms with E-state index in [2.05, 4.69) is 13.5 Å². The number of benzene rings is 3. The molecule has 0 amide bonds. The van der Waals surface area contributed by atoms with Crippen LogP contribution in [0, 0.1) is 0 Å². The third-order valence-corrected chi connectivity index (χ3v) is 5.73. The summed E-state index contributed by atoms with van der Waals surface area (Å²) in [5.41, 5.74) is 3.24. The minimum atomic E-state index is -3.79. The van der Waals surface area contributed by atoms with Gasteiger partial charge in [0.05, 0.1) is 17.4 Å². The molecule has 0 aliphatic carbocycles. The summed E-state index contributed by atoms with van der Waals surface area (Å²) in [4.78, 5) is 0.126. The Morgan fingerprint density at radius 1 is 0.800 bits per heavy atom. The van der Waals surface area contributed by atoms with Gasteiger partial charge in [-0.15, -0.1) is 0 Å². The summed E-state index contributed by atoms with van der Waals surface area (Å²) in [6.07, 6.45) is 0. The van der Waals surface area contributed by atoms with Crippen LogP contribution in [-0.4, -0.2) is 17.2 Å². The molecule has 1 heterocycles. The highest BCUT2D eigenvalue weighted by Crippen LogP contribution is 2.30. The summed E-state index contributed by atoms with van der Waals surface area (Å²) in [5.74, 6) is 0.